The Morgan fingerprint density at radius 1 is 1.03 bits per heavy atom. The number of carbonyl (C=O) groups is 1. The summed E-state index contributed by atoms with van der Waals surface area (Å²) >= 11 is 18.8. The summed E-state index contributed by atoms with van der Waals surface area (Å²) in [6, 6.07) is 3.22. The number of amides is 1. The number of thioether (sulfide) groups is 1. The number of rotatable bonds is 5. The Bertz CT molecular complexity index is 1110. The third-order valence-electron chi connectivity index (χ3n) is 4.85. The molecule has 1 atom stereocenters. The zero-order valence-electron chi connectivity index (χ0n) is 16.6. The molecule has 0 bridgehead atoms. The minimum atomic E-state index is -5.06. The topological polar surface area (TPSA) is 29.1 Å². The van der Waals surface area contributed by atoms with Gasteiger partial charge in [-0.1, -0.05) is 40.9 Å². The number of allylic oxidation sites excluding steroid dienone is 1. The van der Waals surface area contributed by atoms with Gasteiger partial charge in [-0.2, -0.15) is 38.1 Å². The Morgan fingerprint density at radius 2 is 1.62 bits per heavy atom. The molecule has 13 heteroatoms. The summed E-state index contributed by atoms with van der Waals surface area (Å²) in [5.41, 5.74) is -3.58. The number of carbonyl (C=O) groups excluding carboxylic acids is 1. The fraction of sp³-hybridized carbons (Fsp3) is 0.286. The van der Waals surface area contributed by atoms with Crippen molar-refractivity contribution >= 4 is 58.3 Å². The Labute approximate surface area is 208 Å². The van der Waals surface area contributed by atoms with Crippen LogP contribution in [0.3, 0.4) is 0 Å². The molecule has 34 heavy (non-hydrogen) atoms. The van der Waals surface area contributed by atoms with Crippen LogP contribution in [0.5, 0.6) is 0 Å². The Kier molecular flexibility index (Phi) is 8.06. The van der Waals surface area contributed by atoms with E-state index in [0.29, 0.717) is 17.6 Å². The van der Waals surface area contributed by atoms with Crippen LogP contribution in [0.4, 0.5) is 30.7 Å². The second-order valence-corrected chi connectivity index (χ2v) is 9.57. The predicted octanol–water partition coefficient (Wildman–Crippen LogP) is 8.17. The van der Waals surface area contributed by atoms with Crippen LogP contribution in [0.1, 0.15) is 33.0 Å². The van der Waals surface area contributed by atoms with Crippen LogP contribution >= 0.6 is 46.6 Å². The molecule has 3 rings (SSSR count). The van der Waals surface area contributed by atoms with E-state index in [1.807, 2.05) is 0 Å². The standard InChI is InChI=1S/C21H13Cl3F7NOS/c22-15-4-10(5-16(23)18(15)24)13(20(26,27)28)6-17(25)9-1-2-12(14(3-9)21(29,30)31)19(33)32-11-7-34-8-11/h1-6,11,13H,7-8H2,(H,32,33)/b17-6-. The van der Waals surface area contributed by atoms with Crippen molar-refractivity contribution in [3.05, 3.63) is 73.7 Å². The maximum absolute atomic E-state index is 14.9. The molecule has 2 aromatic rings. The molecule has 2 nitrogen and oxygen atoms in total. The van der Waals surface area contributed by atoms with Crippen LogP contribution in [-0.4, -0.2) is 29.6 Å². The normalized spacial score (nSPS) is 16.2. The summed E-state index contributed by atoms with van der Waals surface area (Å²) in [4.78, 5) is 12.3. The molecule has 0 aliphatic carbocycles. The van der Waals surface area contributed by atoms with Crippen molar-refractivity contribution in [2.24, 2.45) is 0 Å². The SMILES string of the molecule is O=C(NC1CSC1)c1ccc(/C(F)=C/C(c2cc(Cl)c(Cl)c(Cl)c2)C(F)(F)F)cc1C(F)(F)F. The minimum absolute atomic E-state index is 0.108. The first-order valence-corrected chi connectivity index (χ1v) is 11.7. The van der Waals surface area contributed by atoms with Crippen molar-refractivity contribution in [1.82, 2.24) is 5.32 Å². The van der Waals surface area contributed by atoms with E-state index in [4.69, 9.17) is 34.8 Å². The Hall–Kier alpha value is -1.62. The highest BCUT2D eigenvalue weighted by atomic mass is 35.5. The number of halogens is 10. The van der Waals surface area contributed by atoms with Gasteiger partial charge in [0.25, 0.3) is 5.91 Å². The van der Waals surface area contributed by atoms with Gasteiger partial charge in [-0.3, -0.25) is 4.79 Å². The van der Waals surface area contributed by atoms with Crippen molar-refractivity contribution in [3.8, 4) is 0 Å². The van der Waals surface area contributed by atoms with Gasteiger partial charge in [-0.05, 0) is 35.9 Å². The van der Waals surface area contributed by atoms with Crippen LogP contribution in [-0.2, 0) is 6.18 Å². The van der Waals surface area contributed by atoms with Gasteiger partial charge in [0.05, 0.1) is 26.2 Å². The van der Waals surface area contributed by atoms with Crippen LogP contribution < -0.4 is 5.32 Å². The average Bonchev–Trinajstić information content (AvgIpc) is 2.70. The Morgan fingerprint density at radius 3 is 2.09 bits per heavy atom. The second-order valence-electron chi connectivity index (χ2n) is 7.30. The van der Waals surface area contributed by atoms with Gasteiger partial charge < -0.3 is 5.32 Å². The molecule has 1 saturated heterocycles. The average molecular weight is 567 g/mol. The highest BCUT2D eigenvalue weighted by Gasteiger charge is 2.41. The molecule has 1 aliphatic heterocycles. The number of alkyl halides is 6. The maximum Gasteiger partial charge on any atom is 0.417 e. The van der Waals surface area contributed by atoms with Gasteiger partial charge in [-0.15, -0.1) is 0 Å². The van der Waals surface area contributed by atoms with Crippen molar-refractivity contribution in [3.63, 3.8) is 0 Å². The summed E-state index contributed by atoms with van der Waals surface area (Å²) in [7, 11) is 0. The number of hydrogen-bond donors (Lipinski definition) is 1. The molecule has 0 spiro atoms. The summed E-state index contributed by atoms with van der Waals surface area (Å²) in [5, 5.41) is 1.60. The molecule has 1 unspecified atom stereocenters. The first-order valence-electron chi connectivity index (χ1n) is 9.37. The Balaban J connectivity index is 2.03. The minimum Gasteiger partial charge on any atom is -0.348 e. The first-order chi connectivity index (χ1) is 15.7. The van der Waals surface area contributed by atoms with Crippen molar-refractivity contribution in [2.75, 3.05) is 11.5 Å². The molecule has 0 radical (unpaired) electrons. The summed E-state index contributed by atoms with van der Waals surface area (Å²) in [6.45, 7) is 0. The van der Waals surface area contributed by atoms with E-state index in [9.17, 15) is 35.5 Å². The monoisotopic (exact) mass is 565 g/mol. The molecular formula is C21H13Cl3F7NOS. The molecule has 1 N–H and O–H groups in total. The van der Waals surface area contributed by atoms with Gasteiger partial charge >= 0.3 is 12.4 Å². The molecule has 2 aromatic carbocycles. The van der Waals surface area contributed by atoms with Crippen molar-refractivity contribution < 1.29 is 35.5 Å². The lowest BCUT2D eigenvalue weighted by molar-refractivity contribution is -0.140. The summed E-state index contributed by atoms with van der Waals surface area (Å²) in [5.74, 6) is -4.10. The van der Waals surface area contributed by atoms with E-state index >= 15 is 0 Å². The molecule has 1 amide bonds. The summed E-state index contributed by atoms with van der Waals surface area (Å²) in [6.07, 6.45) is -9.99. The molecule has 1 heterocycles. The van der Waals surface area contributed by atoms with E-state index in [0.717, 1.165) is 24.3 Å². The summed E-state index contributed by atoms with van der Waals surface area (Å²) < 4.78 is 96.6. The van der Waals surface area contributed by atoms with E-state index < -0.39 is 52.3 Å². The number of hydrogen-bond acceptors (Lipinski definition) is 2. The lowest BCUT2D eigenvalue weighted by atomic mass is 9.95. The van der Waals surface area contributed by atoms with Crippen LogP contribution in [0.25, 0.3) is 5.83 Å². The lowest BCUT2D eigenvalue weighted by Gasteiger charge is -2.26. The van der Waals surface area contributed by atoms with Crippen LogP contribution in [0.15, 0.2) is 36.4 Å². The second kappa shape index (κ2) is 10.2. The molecular weight excluding hydrogens is 554 g/mol. The highest BCUT2D eigenvalue weighted by molar-refractivity contribution is 8.00. The quantitative estimate of drug-likeness (QED) is 0.292. The largest absolute Gasteiger partial charge is 0.417 e. The molecule has 184 valence electrons. The van der Waals surface area contributed by atoms with Gasteiger partial charge in [-0.25, -0.2) is 4.39 Å². The maximum atomic E-state index is 14.9. The van der Waals surface area contributed by atoms with Crippen LogP contribution in [0, 0.1) is 0 Å². The fourth-order valence-electron chi connectivity index (χ4n) is 3.08. The third kappa shape index (κ3) is 6.13. The van der Waals surface area contributed by atoms with E-state index in [1.54, 1.807) is 0 Å². The van der Waals surface area contributed by atoms with Gasteiger partial charge in [0.2, 0.25) is 0 Å². The van der Waals surface area contributed by atoms with E-state index in [1.165, 1.54) is 11.8 Å². The van der Waals surface area contributed by atoms with Gasteiger partial charge in [0.1, 0.15) is 11.7 Å². The fourth-order valence-corrected chi connectivity index (χ4v) is 4.34. The molecule has 1 fully saturated rings. The lowest BCUT2D eigenvalue weighted by Crippen LogP contribution is -2.44. The highest BCUT2D eigenvalue weighted by Crippen LogP contribution is 2.42. The zero-order chi connectivity index (χ0) is 25.4. The molecule has 0 saturated carbocycles. The van der Waals surface area contributed by atoms with Crippen LogP contribution in [0.2, 0.25) is 15.1 Å². The predicted molar refractivity (Wildman–Crippen MR) is 119 cm³/mol. The van der Waals surface area contributed by atoms with Crippen molar-refractivity contribution in [1.29, 1.82) is 0 Å². The zero-order valence-corrected chi connectivity index (χ0v) is 19.7. The molecule has 0 aromatic heterocycles. The first kappa shape index (κ1) is 27.0. The third-order valence-corrected chi connectivity index (χ3v) is 7.32. The van der Waals surface area contributed by atoms with E-state index in [2.05, 4.69) is 5.32 Å². The van der Waals surface area contributed by atoms with E-state index in [-0.39, 0.29) is 27.2 Å². The number of benzene rings is 2. The van der Waals surface area contributed by atoms with Crippen molar-refractivity contribution in [2.45, 2.75) is 24.3 Å². The smallest absolute Gasteiger partial charge is 0.348 e. The van der Waals surface area contributed by atoms with Gasteiger partial charge in [0, 0.05) is 23.1 Å². The number of nitrogens with one attached hydrogen (secondary N) is 1. The molecule has 1 aliphatic rings. The van der Waals surface area contributed by atoms with Gasteiger partial charge in [0.15, 0.2) is 0 Å².